The van der Waals surface area contributed by atoms with E-state index in [1.807, 2.05) is 13.8 Å². The van der Waals surface area contributed by atoms with Gasteiger partial charge in [0.15, 0.2) is 6.10 Å². The van der Waals surface area contributed by atoms with E-state index in [0.29, 0.717) is 10.8 Å². The fourth-order valence-electron chi connectivity index (χ4n) is 0.749. The van der Waals surface area contributed by atoms with E-state index in [-0.39, 0.29) is 5.76 Å². The van der Waals surface area contributed by atoms with Gasteiger partial charge < -0.3 is 9.84 Å². The summed E-state index contributed by atoms with van der Waals surface area (Å²) >= 11 is 5.72. The van der Waals surface area contributed by atoms with E-state index in [1.165, 1.54) is 0 Å². The van der Waals surface area contributed by atoms with Gasteiger partial charge in [0.2, 0.25) is 0 Å². The third-order valence-electron chi connectivity index (χ3n) is 1.85. The van der Waals surface area contributed by atoms with Gasteiger partial charge in [0.05, 0.1) is 0 Å². The first-order valence-corrected chi connectivity index (χ1v) is 5.00. The van der Waals surface area contributed by atoms with Crippen molar-refractivity contribution in [2.24, 2.45) is 0 Å². The molecular weight excluding hydrogens is 212 g/mol. The number of hydrogen-bond donors (Lipinski definition) is 1. The molecule has 0 aromatic heterocycles. The molecule has 0 saturated carbocycles. The van der Waals surface area contributed by atoms with Crippen LogP contribution in [0.4, 0.5) is 0 Å². The molecule has 0 aromatic carbocycles. The standard InChI is InChI=1S/C12H17ClO2/c1-6-12(7-8(2)9(3)13)15-11(5)10(4)14/h6-7,11,14H,3-4H2,1-2,5H3/b8-7-,12-6+. The summed E-state index contributed by atoms with van der Waals surface area (Å²) in [4.78, 5) is 0. The van der Waals surface area contributed by atoms with Gasteiger partial charge >= 0.3 is 0 Å². The van der Waals surface area contributed by atoms with Gasteiger partial charge in [0, 0.05) is 5.03 Å². The molecule has 1 unspecified atom stereocenters. The molecule has 3 heteroatoms. The zero-order valence-corrected chi connectivity index (χ0v) is 10.1. The first kappa shape index (κ1) is 13.8. The maximum absolute atomic E-state index is 9.10. The minimum absolute atomic E-state index is 0.00916. The predicted molar refractivity (Wildman–Crippen MR) is 64.8 cm³/mol. The molecule has 0 fully saturated rings. The smallest absolute Gasteiger partial charge is 0.152 e. The largest absolute Gasteiger partial charge is 0.509 e. The molecule has 84 valence electrons. The highest BCUT2D eigenvalue weighted by molar-refractivity contribution is 6.31. The van der Waals surface area contributed by atoms with Crippen molar-refractivity contribution in [2.45, 2.75) is 26.9 Å². The second-order valence-corrected chi connectivity index (χ2v) is 3.63. The van der Waals surface area contributed by atoms with E-state index in [0.717, 1.165) is 5.57 Å². The summed E-state index contributed by atoms with van der Waals surface area (Å²) in [7, 11) is 0. The molecule has 0 aliphatic heterocycles. The fourth-order valence-corrected chi connectivity index (χ4v) is 0.804. The maximum atomic E-state index is 9.10. The predicted octanol–water partition coefficient (Wildman–Crippen LogP) is 4.07. The summed E-state index contributed by atoms with van der Waals surface area (Å²) in [6.07, 6.45) is 3.10. The Morgan fingerprint density at radius 2 is 2.00 bits per heavy atom. The van der Waals surface area contributed by atoms with Crippen molar-refractivity contribution in [3.8, 4) is 0 Å². The third kappa shape index (κ3) is 5.33. The minimum Gasteiger partial charge on any atom is -0.509 e. The molecule has 0 aliphatic rings. The van der Waals surface area contributed by atoms with E-state index in [2.05, 4.69) is 13.2 Å². The average Bonchev–Trinajstić information content (AvgIpc) is 2.15. The lowest BCUT2D eigenvalue weighted by Crippen LogP contribution is -2.09. The average molecular weight is 229 g/mol. The van der Waals surface area contributed by atoms with Gasteiger partial charge in [-0.05, 0) is 38.5 Å². The normalized spacial score (nSPS) is 14.7. The van der Waals surface area contributed by atoms with E-state index >= 15 is 0 Å². The van der Waals surface area contributed by atoms with Crippen LogP contribution in [0.5, 0.6) is 0 Å². The zero-order valence-electron chi connectivity index (χ0n) is 9.38. The van der Waals surface area contributed by atoms with Crippen molar-refractivity contribution in [2.75, 3.05) is 0 Å². The van der Waals surface area contributed by atoms with Crippen molar-refractivity contribution in [3.05, 3.63) is 47.4 Å². The summed E-state index contributed by atoms with van der Waals surface area (Å²) < 4.78 is 5.42. The molecule has 0 radical (unpaired) electrons. The maximum Gasteiger partial charge on any atom is 0.152 e. The van der Waals surface area contributed by atoms with Crippen LogP contribution in [0.1, 0.15) is 20.8 Å². The van der Waals surface area contributed by atoms with Crippen molar-refractivity contribution in [1.29, 1.82) is 0 Å². The Kier molecular flexibility index (Phi) is 5.87. The van der Waals surface area contributed by atoms with Crippen LogP contribution < -0.4 is 0 Å². The van der Waals surface area contributed by atoms with Gasteiger partial charge in [-0.25, -0.2) is 0 Å². The van der Waals surface area contributed by atoms with E-state index < -0.39 is 6.10 Å². The lowest BCUT2D eigenvalue weighted by molar-refractivity contribution is 0.127. The molecule has 2 nitrogen and oxygen atoms in total. The summed E-state index contributed by atoms with van der Waals surface area (Å²) in [6.45, 7) is 12.4. The van der Waals surface area contributed by atoms with Gasteiger partial charge in [-0.1, -0.05) is 24.8 Å². The molecule has 0 bridgehead atoms. The first-order valence-electron chi connectivity index (χ1n) is 4.62. The Morgan fingerprint density at radius 1 is 1.47 bits per heavy atom. The number of aliphatic hydroxyl groups excluding tert-OH is 1. The summed E-state index contributed by atoms with van der Waals surface area (Å²) in [5.41, 5.74) is 0.820. The number of allylic oxidation sites excluding steroid dienone is 4. The van der Waals surface area contributed by atoms with Crippen LogP contribution >= 0.6 is 11.6 Å². The molecule has 1 atom stereocenters. The number of aliphatic hydroxyl groups is 1. The van der Waals surface area contributed by atoms with Crippen molar-refractivity contribution in [1.82, 2.24) is 0 Å². The Morgan fingerprint density at radius 3 is 2.33 bits per heavy atom. The molecule has 0 aromatic rings. The summed E-state index contributed by atoms with van der Waals surface area (Å²) in [6, 6.07) is 0. The third-order valence-corrected chi connectivity index (χ3v) is 2.15. The Balaban J connectivity index is 4.61. The molecule has 0 spiro atoms. The van der Waals surface area contributed by atoms with Gasteiger partial charge in [0.25, 0.3) is 0 Å². The Bertz CT molecular complexity index is 314. The van der Waals surface area contributed by atoms with Crippen LogP contribution in [0, 0.1) is 0 Å². The van der Waals surface area contributed by atoms with Crippen LogP contribution in [-0.2, 0) is 4.74 Å². The molecule has 0 saturated heterocycles. The van der Waals surface area contributed by atoms with Crippen molar-refractivity contribution in [3.63, 3.8) is 0 Å². The molecule has 0 heterocycles. The quantitative estimate of drug-likeness (QED) is 0.568. The summed E-state index contributed by atoms with van der Waals surface area (Å²) in [5.74, 6) is 0.613. The molecule has 0 rings (SSSR count). The van der Waals surface area contributed by atoms with Crippen LogP contribution in [0.15, 0.2) is 47.4 Å². The topological polar surface area (TPSA) is 29.5 Å². The van der Waals surface area contributed by atoms with E-state index in [1.54, 1.807) is 19.1 Å². The van der Waals surface area contributed by atoms with Gasteiger partial charge in [0.1, 0.15) is 11.5 Å². The zero-order chi connectivity index (χ0) is 12.0. The molecule has 0 amide bonds. The molecular formula is C12H17ClO2. The van der Waals surface area contributed by atoms with Crippen LogP contribution in [0.2, 0.25) is 0 Å². The van der Waals surface area contributed by atoms with E-state index in [4.69, 9.17) is 21.4 Å². The van der Waals surface area contributed by atoms with Crippen molar-refractivity contribution >= 4 is 11.6 Å². The lowest BCUT2D eigenvalue weighted by atomic mass is 10.2. The highest BCUT2D eigenvalue weighted by Gasteiger charge is 2.07. The molecule has 15 heavy (non-hydrogen) atoms. The van der Waals surface area contributed by atoms with Gasteiger partial charge in [-0.15, -0.1) is 0 Å². The van der Waals surface area contributed by atoms with Crippen LogP contribution in [0.3, 0.4) is 0 Å². The Labute approximate surface area is 96.2 Å². The highest BCUT2D eigenvalue weighted by Crippen LogP contribution is 2.16. The molecule has 1 N–H and O–H groups in total. The highest BCUT2D eigenvalue weighted by atomic mass is 35.5. The minimum atomic E-state index is -0.441. The van der Waals surface area contributed by atoms with E-state index in [9.17, 15) is 0 Å². The fraction of sp³-hybridized carbons (Fsp3) is 0.333. The molecule has 0 aliphatic carbocycles. The van der Waals surface area contributed by atoms with Crippen LogP contribution in [0.25, 0.3) is 0 Å². The first-order chi connectivity index (χ1) is 6.88. The van der Waals surface area contributed by atoms with Gasteiger partial charge in [-0.3, -0.25) is 0 Å². The summed E-state index contributed by atoms with van der Waals surface area (Å²) in [5, 5.41) is 9.56. The number of hydrogen-bond acceptors (Lipinski definition) is 2. The van der Waals surface area contributed by atoms with Crippen LogP contribution in [-0.4, -0.2) is 11.2 Å². The number of halogens is 1. The van der Waals surface area contributed by atoms with Gasteiger partial charge in [-0.2, -0.15) is 0 Å². The number of rotatable bonds is 5. The SMILES string of the molecule is C=C(Cl)/C(C)=C\C(=C/C)OC(C)C(=C)O. The second-order valence-electron chi connectivity index (χ2n) is 3.17. The van der Waals surface area contributed by atoms with Crippen molar-refractivity contribution < 1.29 is 9.84 Å². The monoisotopic (exact) mass is 228 g/mol. The number of ether oxygens (including phenoxy) is 1. The second kappa shape index (κ2) is 6.36. The Hall–Kier alpha value is -1.15. The lowest BCUT2D eigenvalue weighted by Gasteiger charge is -2.14.